The van der Waals surface area contributed by atoms with Gasteiger partial charge < -0.3 is 0 Å². The lowest BCUT2D eigenvalue weighted by Crippen LogP contribution is -2.16. The third kappa shape index (κ3) is 13.8. The van der Waals surface area contributed by atoms with Gasteiger partial charge >= 0.3 is 0 Å². The first-order valence-corrected chi connectivity index (χ1v) is 8.87. The molecule has 0 saturated carbocycles. The summed E-state index contributed by atoms with van der Waals surface area (Å²) in [5.41, 5.74) is 0. The van der Waals surface area contributed by atoms with Crippen LogP contribution in [-0.4, -0.2) is 17.3 Å². The summed E-state index contributed by atoms with van der Waals surface area (Å²) < 4.78 is 0. The second-order valence-corrected chi connectivity index (χ2v) is 5.93. The van der Waals surface area contributed by atoms with Crippen molar-refractivity contribution in [3.63, 3.8) is 0 Å². The zero-order chi connectivity index (χ0) is 16.5. The number of allylic oxidation sites excluding steroid dienone is 1. The van der Waals surface area contributed by atoms with E-state index in [0.717, 1.165) is 44.9 Å². The highest BCUT2D eigenvalue weighted by molar-refractivity contribution is 5.50. The van der Waals surface area contributed by atoms with Crippen molar-refractivity contribution in [2.24, 2.45) is 0 Å². The molecule has 0 bridgehead atoms. The molecule has 1 unspecified atom stereocenters. The summed E-state index contributed by atoms with van der Waals surface area (Å²) in [5.74, 6) is 0. The van der Waals surface area contributed by atoms with Crippen LogP contribution in [0.1, 0.15) is 90.4 Å². The Kier molecular flexibility index (Phi) is 15.3. The second kappa shape index (κ2) is 16.2. The highest BCUT2D eigenvalue weighted by Crippen LogP contribution is 2.12. The van der Waals surface area contributed by atoms with Gasteiger partial charge in [0.2, 0.25) is 6.04 Å². The van der Waals surface area contributed by atoms with Crippen LogP contribution in [0.25, 0.3) is 0 Å². The van der Waals surface area contributed by atoms with Crippen LogP contribution < -0.4 is 0 Å². The number of unbranched alkanes of at least 4 members (excludes halogenated alkanes) is 10. The van der Waals surface area contributed by atoms with Crippen molar-refractivity contribution < 1.29 is 9.72 Å². The molecule has 0 aliphatic carbocycles. The van der Waals surface area contributed by atoms with Gasteiger partial charge in [0.25, 0.3) is 0 Å². The van der Waals surface area contributed by atoms with Crippen LogP contribution >= 0.6 is 0 Å². The highest BCUT2D eigenvalue weighted by atomic mass is 16.6. The van der Waals surface area contributed by atoms with Crippen molar-refractivity contribution in [3.8, 4) is 0 Å². The molecule has 0 aliphatic heterocycles. The molecule has 0 spiro atoms. The Morgan fingerprint density at radius 1 is 1.00 bits per heavy atom. The van der Waals surface area contributed by atoms with E-state index < -0.39 is 6.04 Å². The molecule has 0 aromatic carbocycles. The molecule has 4 heteroatoms. The fourth-order valence-electron chi connectivity index (χ4n) is 2.47. The number of hydrogen-bond donors (Lipinski definition) is 0. The molecule has 127 valence electrons. The van der Waals surface area contributed by atoms with Gasteiger partial charge in [-0.3, -0.25) is 14.9 Å². The SMILES string of the molecule is CCCCCCC/C=C/C(CCCCCCC[C]=O)[N+](=O)[O-]. The maximum Gasteiger partial charge on any atom is 0.231 e. The van der Waals surface area contributed by atoms with Crippen LogP contribution in [0.2, 0.25) is 0 Å². The molecule has 0 N–H and O–H groups in total. The van der Waals surface area contributed by atoms with Crippen LogP contribution in [0.15, 0.2) is 12.2 Å². The zero-order valence-electron chi connectivity index (χ0n) is 14.1. The van der Waals surface area contributed by atoms with E-state index in [0.29, 0.717) is 12.8 Å². The van der Waals surface area contributed by atoms with E-state index >= 15 is 0 Å². The maximum absolute atomic E-state index is 11.0. The van der Waals surface area contributed by atoms with E-state index in [4.69, 9.17) is 0 Å². The number of nitro groups is 1. The summed E-state index contributed by atoms with van der Waals surface area (Å²) in [4.78, 5) is 20.9. The van der Waals surface area contributed by atoms with E-state index in [-0.39, 0.29) is 4.92 Å². The molecule has 0 heterocycles. The Balaban J connectivity index is 3.68. The van der Waals surface area contributed by atoms with Crippen LogP contribution in [0.3, 0.4) is 0 Å². The van der Waals surface area contributed by atoms with Crippen LogP contribution in [0.5, 0.6) is 0 Å². The van der Waals surface area contributed by atoms with Gasteiger partial charge in [-0.2, -0.15) is 0 Å². The molecule has 4 nitrogen and oxygen atoms in total. The van der Waals surface area contributed by atoms with E-state index in [1.165, 1.54) is 25.7 Å². The number of rotatable bonds is 16. The van der Waals surface area contributed by atoms with E-state index in [9.17, 15) is 14.9 Å². The number of nitrogens with zero attached hydrogens (tertiary/aromatic N) is 1. The number of carbonyl (C=O) groups excluding carboxylic acids is 1. The van der Waals surface area contributed by atoms with Gasteiger partial charge in [-0.25, -0.2) is 0 Å². The normalized spacial score (nSPS) is 12.6. The maximum atomic E-state index is 11.0. The van der Waals surface area contributed by atoms with E-state index in [1.54, 1.807) is 6.08 Å². The van der Waals surface area contributed by atoms with Crippen LogP contribution in [0.4, 0.5) is 0 Å². The molecular formula is C18H32NO3. The Morgan fingerprint density at radius 2 is 1.64 bits per heavy atom. The topological polar surface area (TPSA) is 60.2 Å². The summed E-state index contributed by atoms with van der Waals surface area (Å²) in [7, 11) is 0. The summed E-state index contributed by atoms with van der Waals surface area (Å²) in [5, 5.41) is 11.0. The van der Waals surface area contributed by atoms with E-state index in [1.807, 2.05) is 12.4 Å². The molecule has 0 fully saturated rings. The molecular weight excluding hydrogens is 278 g/mol. The molecule has 0 aromatic rings. The Bertz CT molecular complexity index is 303. The minimum atomic E-state index is -0.529. The third-order valence-corrected chi connectivity index (χ3v) is 3.88. The van der Waals surface area contributed by atoms with Gasteiger partial charge in [0.05, 0.1) is 0 Å². The van der Waals surface area contributed by atoms with Gasteiger partial charge in [0.15, 0.2) is 6.29 Å². The van der Waals surface area contributed by atoms with Crippen LogP contribution in [0, 0.1) is 10.1 Å². The summed E-state index contributed by atoms with van der Waals surface area (Å²) in [6, 6.07) is -0.529. The Morgan fingerprint density at radius 3 is 2.32 bits per heavy atom. The summed E-state index contributed by atoms with van der Waals surface area (Å²) >= 11 is 0. The molecule has 0 aromatic heterocycles. The van der Waals surface area contributed by atoms with Gasteiger partial charge in [-0.1, -0.05) is 57.9 Å². The van der Waals surface area contributed by atoms with Crippen molar-refractivity contribution in [3.05, 3.63) is 22.3 Å². The average Bonchev–Trinajstić information content (AvgIpc) is 2.50. The molecule has 0 aliphatic rings. The van der Waals surface area contributed by atoms with Crippen molar-refractivity contribution >= 4 is 6.29 Å². The fourth-order valence-corrected chi connectivity index (χ4v) is 2.47. The van der Waals surface area contributed by atoms with Gasteiger partial charge in [0.1, 0.15) is 0 Å². The predicted molar refractivity (Wildman–Crippen MR) is 91.3 cm³/mol. The molecule has 1 radical (unpaired) electrons. The Hall–Kier alpha value is -1.19. The fraction of sp³-hybridized carbons (Fsp3) is 0.833. The molecule has 1 atom stereocenters. The first-order chi connectivity index (χ1) is 10.7. The molecule has 0 amide bonds. The largest absolute Gasteiger partial charge is 0.291 e. The summed E-state index contributed by atoms with van der Waals surface area (Å²) in [6.45, 7) is 2.20. The average molecular weight is 310 g/mol. The minimum absolute atomic E-state index is 0.172. The van der Waals surface area contributed by atoms with Gasteiger partial charge in [-0.15, -0.1) is 0 Å². The van der Waals surface area contributed by atoms with Crippen molar-refractivity contribution in [2.75, 3.05) is 0 Å². The van der Waals surface area contributed by atoms with Crippen LogP contribution in [-0.2, 0) is 4.79 Å². The lowest BCUT2D eigenvalue weighted by molar-refractivity contribution is -0.510. The first kappa shape index (κ1) is 20.8. The molecule has 0 saturated heterocycles. The lowest BCUT2D eigenvalue weighted by Gasteiger charge is -2.05. The Labute approximate surface area is 135 Å². The second-order valence-electron chi connectivity index (χ2n) is 5.93. The first-order valence-electron chi connectivity index (χ1n) is 8.87. The zero-order valence-corrected chi connectivity index (χ0v) is 14.1. The molecule has 22 heavy (non-hydrogen) atoms. The number of hydrogen-bond acceptors (Lipinski definition) is 3. The van der Waals surface area contributed by atoms with Gasteiger partial charge in [0, 0.05) is 17.8 Å². The summed E-state index contributed by atoms with van der Waals surface area (Å²) in [6.07, 6.45) is 18.7. The molecule has 0 rings (SSSR count). The third-order valence-electron chi connectivity index (χ3n) is 3.88. The van der Waals surface area contributed by atoms with Crippen molar-refractivity contribution in [2.45, 2.75) is 96.4 Å². The van der Waals surface area contributed by atoms with Gasteiger partial charge in [-0.05, 0) is 31.8 Å². The monoisotopic (exact) mass is 310 g/mol. The quantitative estimate of drug-likeness (QED) is 0.166. The van der Waals surface area contributed by atoms with Crippen molar-refractivity contribution in [1.82, 2.24) is 0 Å². The predicted octanol–water partition coefficient (Wildman–Crippen LogP) is 5.39. The minimum Gasteiger partial charge on any atom is -0.291 e. The van der Waals surface area contributed by atoms with Crippen molar-refractivity contribution in [1.29, 1.82) is 0 Å². The smallest absolute Gasteiger partial charge is 0.231 e. The van der Waals surface area contributed by atoms with E-state index in [2.05, 4.69) is 6.92 Å². The standard InChI is InChI=1S/C18H32NO3/c1-2-3-4-5-6-9-12-15-18(19(21)22)16-13-10-7-8-11-14-17-20/h12,15,18H,2-11,13-14,16H2,1H3/b15-12+. The lowest BCUT2D eigenvalue weighted by atomic mass is 10.0. The highest BCUT2D eigenvalue weighted by Gasteiger charge is 2.14.